The molecule has 0 radical (unpaired) electrons. The van der Waals surface area contributed by atoms with Crippen molar-refractivity contribution in [1.82, 2.24) is 40.1 Å². The van der Waals surface area contributed by atoms with Crippen molar-refractivity contribution in [2.75, 3.05) is 16.8 Å². The van der Waals surface area contributed by atoms with Crippen molar-refractivity contribution >= 4 is 28.7 Å². The Kier molecular flexibility index (Phi) is 4.30. The molecule has 0 aromatic carbocycles. The van der Waals surface area contributed by atoms with Crippen LogP contribution >= 0.6 is 0 Å². The third-order valence-electron chi connectivity index (χ3n) is 5.15. The quantitative estimate of drug-likeness (QED) is 0.440. The average molecular weight is 390 g/mol. The molecule has 1 aliphatic rings. The fourth-order valence-electron chi connectivity index (χ4n) is 3.37. The SMILES string of the molecule is CCN(c1nccc(Nc2cc(C3CC3)[nH]n2)n1)[C@H](C)c1ncc2[nH]cnc2n1. The van der Waals surface area contributed by atoms with Gasteiger partial charge in [-0.1, -0.05) is 0 Å². The van der Waals surface area contributed by atoms with Crippen LogP contribution in [0.1, 0.15) is 50.2 Å². The van der Waals surface area contributed by atoms with Crippen LogP contribution in [-0.2, 0) is 0 Å². The number of nitrogens with zero attached hydrogens (tertiary/aromatic N) is 7. The second-order valence-electron chi connectivity index (χ2n) is 7.18. The Morgan fingerprint density at radius 3 is 2.93 bits per heavy atom. The summed E-state index contributed by atoms with van der Waals surface area (Å²) in [4.78, 5) is 27.5. The summed E-state index contributed by atoms with van der Waals surface area (Å²) in [7, 11) is 0. The molecule has 3 N–H and O–H groups in total. The largest absolute Gasteiger partial charge is 0.342 e. The van der Waals surface area contributed by atoms with Crippen LogP contribution in [0.3, 0.4) is 0 Å². The van der Waals surface area contributed by atoms with E-state index < -0.39 is 0 Å². The van der Waals surface area contributed by atoms with Gasteiger partial charge < -0.3 is 15.2 Å². The Labute approximate surface area is 167 Å². The van der Waals surface area contributed by atoms with Gasteiger partial charge in [-0.15, -0.1) is 0 Å². The van der Waals surface area contributed by atoms with Crippen LogP contribution in [-0.4, -0.2) is 46.6 Å². The predicted molar refractivity (Wildman–Crippen MR) is 109 cm³/mol. The average Bonchev–Trinajstić information content (AvgIpc) is 3.30. The van der Waals surface area contributed by atoms with Gasteiger partial charge in [-0.05, 0) is 32.8 Å². The van der Waals surface area contributed by atoms with Crippen molar-refractivity contribution in [1.29, 1.82) is 0 Å². The number of imidazole rings is 1. The Morgan fingerprint density at radius 1 is 1.21 bits per heavy atom. The first-order valence-corrected chi connectivity index (χ1v) is 9.79. The third-order valence-corrected chi connectivity index (χ3v) is 5.15. The summed E-state index contributed by atoms with van der Waals surface area (Å²) in [5.41, 5.74) is 2.65. The van der Waals surface area contributed by atoms with Crippen LogP contribution < -0.4 is 10.2 Å². The Bertz CT molecular complexity index is 1130. The molecular formula is C19H22N10. The number of anilines is 3. The van der Waals surface area contributed by atoms with Crippen molar-refractivity contribution in [3.05, 3.63) is 42.4 Å². The zero-order valence-corrected chi connectivity index (χ0v) is 16.3. The third kappa shape index (κ3) is 3.48. The van der Waals surface area contributed by atoms with E-state index in [9.17, 15) is 0 Å². The molecule has 1 saturated carbocycles. The minimum absolute atomic E-state index is 0.108. The Balaban J connectivity index is 1.37. The van der Waals surface area contributed by atoms with E-state index in [4.69, 9.17) is 0 Å². The van der Waals surface area contributed by atoms with Crippen LogP contribution in [0.15, 0.2) is 30.9 Å². The van der Waals surface area contributed by atoms with Crippen LogP contribution in [0, 0.1) is 0 Å². The number of fused-ring (bicyclic) bond motifs is 1. The van der Waals surface area contributed by atoms with E-state index in [-0.39, 0.29) is 6.04 Å². The maximum Gasteiger partial charge on any atom is 0.227 e. The lowest BCUT2D eigenvalue weighted by Gasteiger charge is -2.27. The van der Waals surface area contributed by atoms with Crippen molar-refractivity contribution < 1.29 is 0 Å². The second-order valence-corrected chi connectivity index (χ2v) is 7.18. The van der Waals surface area contributed by atoms with Gasteiger partial charge in [0.25, 0.3) is 0 Å². The number of hydrogen-bond donors (Lipinski definition) is 3. The lowest BCUT2D eigenvalue weighted by Crippen LogP contribution is -2.29. The van der Waals surface area contributed by atoms with Gasteiger partial charge in [0.2, 0.25) is 5.95 Å². The zero-order chi connectivity index (χ0) is 19.8. The lowest BCUT2D eigenvalue weighted by molar-refractivity contribution is 0.633. The monoisotopic (exact) mass is 390 g/mol. The van der Waals surface area contributed by atoms with Crippen LogP contribution in [0.2, 0.25) is 0 Å². The highest BCUT2D eigenvalue weighted by molar-refractivity contribution is 5.68. The first-order chi connectivity index (χ1) is 14.2. The maximum absolute atomic E-state index is 4.68. The van der Waals surface area contributed by atoms with Crippen molar-refractivity contribution in [3.63, 3.8) is 0 Å². The van der Waals surface area contributed by atoms with E-state index in [0.29, 0.717) is 35.7 Å². The van der Waals surface area contributed by atoms with Crippen LogP contribution in [0.5, 0.6) is 0 Å². The molecular weight excluding hydrogens is 368 g/mol. The number of aromatic nitrogens is 8. The zero-order valence-electron chi connectivity index (χ0n) is 16.3. The molecule has 1 fully saturated rings. The van der Waals surface area contributed by atoms with Gasteiger partial charge in [0.05, 0.1) is 18.6 Å². The molecule has 1 atom stereocenters. The standard InChI is InChI=1S/C19H22N10/c1-3-29(11(2)17-21-9-14-18(26-17)23-10-22-14)19-20-7-6-15(25-19)24-16-8-13(27-28-16)12-4-5-12/h6-12H,3-5H2,1-2H3,(H,21,22,23,26)(H2,20,24,25,27,28)/t11-/m1/s1. The van der Waals surface area contributed by atoms with Crippen molar-refractivity contribution in [3.8, 4) is 0 Å². The Hall–Kier alpha value is -3.56. The molecule has 148 valence electrons. The number of nitrogens with one attached hydrogen (secondary N) is 3. The van der Waals surface area contributed by atoms with E-state index in [1.54, 1.807) is 18.7 Å². The topological polar surface area (TPSA) is 124 Å². The van der Waals surface area contributed by atoms with Crippen molar-refractivity contribution in [2.24, 2.45) is 0 Å². The van der Waals surface area contributed by atoms with Crippen LogP contribution in [0.4, 0.5) is 17.6 Å². The Morgan fingerprint density at radius 2 is 2.10 bits per heavy atom. The number of H-pyrrole nitrogens is 2. The highest BCUT2D eigenvalue weighted by Gasteiger charge is 2.25. The highest BCUT2D eigenvalue weighted by Crippen LogP contribution is 2.39. The highest BCUT2D eigenvalue weighted by atomic mass is 15.3. The molecule has 4 aromatic heterocycles. The molecule has 0 spiro atoms. The van der Waals surface area contributed by atoms with E-state index in [1.165, 1.54) is 18.5 Å². The molecule has 0 amide bonds. The normalized spacial score (nSPS) is 14.8. The molecule has 10 heteroatoms. The first kappa shape index (κ1) is 17.5. The molecule has 0 aliphatic heterocycles. The van der Waals surface area contributed by atoms with Gasteiger partial charge in [-0.25, -0.2) is 19.9 Å². The van der Waals surface area contributed by atoms with Gasteiger partial charge in [0, 0.05) is 30.4 Å². The van der Waals surface area contributed by atoms with Gasteiger partial charge in [-0.2, -0.15) is 10.1 Å². The minimum Gasteiger partial charge on any atom is -0.342 e. The molecule has 1 aliphatic carbocycles. The van der Waals surface area contributed by atoms with Crippen molar-refractivity contribution in [2.45, 2.75) is 38.6 Å². The van der Waals surface area contributed by atoms with Gasteiger partial charge in [0.1, 0.15) is 11.3 Å². The summed E-state index contributed by atoms with van der Waals surface area (Å²) in [5.74, 6) is 3.36. The molecule has 4 aromatic rings. The van der Waals surface area contributed by atoms with Crippen LogP contribution in [0.25, 0.3) is 11.2 Å². The summed E-state index contributed by atoms with van der Waals surface area (Å²) in [6, 6.07) is 3.77. The molecule has 0 saturated heterocycles. The summed E-state index contributed by atoms with van der Waals surface area (Å²) in [5, 5.41) is 10.7. The molecule has 29 heavy (non-hydrogen) atoms. The summed E-state index contributed by atoms with van der Waals surface area (Å²) in [6.45, 7) is 4.81. The molecule has 10 nitrogen and oxygen atoms in total. The molecule has 0 bridgehead atoms. The number of aromatic amines is 2. The molecule has 4 heterocycles. The number of hydrogen-bond acceptors (Lipinski definition) is 8. The van der Waals surface area contributed by atoms with E-state index in [1.807, 2.05) is 19.1 Å². The summed E-state index contributed by atoms with van der Waals surface area (Å²) < 4.78 is 0. The van der Waals surface area contributed by atoms with E-state index in [0.717, 1.165) is 11.3 Å². The fraction of sp³-hybridized carbons (Fsp3) is 0.368. The first-order valence-electron chi connectivity index (χ1n) is 9.79. The second kappa shape index (κ2) is 7.12. The maximum atomic E-state index is 4.68. The summed E-state index contributed by atoms with van der Waals surface area (Å²) >= 11 is 0. The van der Waals surface area contributed by atoms with Gasteiger partial charge in [0.15, 0.2) is 17.3 Å². The van der Waals surface area contributed by atoms with E-state index >= 15 is 0 Å². The number of rotatable bonds is 7. The molecule has 5 rings (SSSR count). The summed E-state index contributed by atoms with van der Waals surface area (Å²) in [6.07, 6.45) is 7.58. The predicted octanol–water partition coefficient (Wildman–Crippen LogP) is 3.07. The minimum atomic E-state index is -0.108. The van der Waals surface area contributed by atoms with E-state index in [2.05, 4.69) is 57.2 Å². The molecule has 0 unspecified atom stereocenters. The fourth-order valence-corrected chi connectivity index (χ4v) is 3.37. The smallest absolute Gasteiger partial charge is 0.227 e. The van der Waals surface area contributed by atoms with Gasteiger partial charge >= 0.3 is 0 Å². The lowest BCUT2D eigenvalue weighted by atomic mass is 10.2. The van der Waals surface area contributed by atoms with Gasteiger partial charge in [-0.3, -0.25) is 5.10 Å².